The molecule has 0 aliphatic heterocycles. The van der Waals surface area contributed by atoms with Crippen LogP contribution in [-0.4, -0.2) is 5.97 Å². The maximum atomic E-state index is 14.4. The summed E-state index contributed by atoms with van der Waals surface area (Å²) >= 11 is 0. The van der Waals surface area contributed by atoms with Crippen LogP contribution in [0.25, 0.3) is 0 Å². The molecule has 5 heteroatoms. The lowest BCUT2D eigenvalue weighted by Crippen LogP contribution is -2.17. The minimum absolute atomic E-state index is 0.0314. The maximum absolute atomic E-state index is 14.4. The van der Waals surface area contributed by atoms with Gasteiger partial charge in [0.1, 0.15) is 11.8 Å². The Kier molecular flexibility index (Phi) is 6.18. The van der Waals surface area contributed by atoms with Crippen molar-refractivity contribution in [3.63, 3.8) is 0 Å². The molecule has 0 N–H and O–H groups in total. The molecule has 1 fully saturated rings. The highest BCUT2D eigenvalue weighted by molar-refractivity contribution is 5.79. The number of rotatable bonds is 7. The molecule has 0 bridgehead atoms. The minimum atomic E-state index is -1.16. The molecule has 0 aromatic heterocycles. The van der Waals surface area contributed by atoms with Crippen molar-refractivity contribution in [1.29, 1.82) is 5.26 Å². The van der Waals surface area contributed by atoms with E-state index in [-0.39, 0.29) is 22.5 Å². The molecule has 34 heavy (non-hydrogen) atoms. The maximum Gasteiger partial charge on any atom is 0.311 e. The molecular formula is C29H28FNO3. The average Bonchev–Trinajstić information content (AvgIpc) is 3.26. The van der Waals surface area contributed by atoms with E-state index in [0.29, 0.717) is 11.3 Å². The van der Waals surface area contributed by atoms with Crippen molar-refractivity contribution in [2.24, 2.45) is 16.7 Å². The fourth-order valence-corrected chi connectivity index (χ4v) is 4.89. The van der Waals surface area contributed by atoms with Crippen LogP contribution in [-0.2, 0) is 16.0 Å². The first kappa shape index (κ1) is 23.5. The second-order valence-electron chi connectivity index (χ2n) is 9.73. The first-order valence-corrected chi connectivity index (χ1v) is 11.3. The number of hydrogen-bond donors (Lipinski definition) is 0. The van der Waals surface area contributed by atoms with Crippen LogP contribution in [0.1, 0.15) is 43.6 Å². The first-order valence-electron chi connectivity index (χ1n) is 11.3. The quantitative estimate of drug-likeness (QED) is 0.361. The number of esters is 1. The van der Waals surface area contributed by atoms with Gasteiger partial charge in [-0.15, -0.1) is 0 Å². The number of halogens is 1. The normalized spacial score (nSPS) is 21.2. The Morgan fingerprint density at radius 3 is 2.41 bits per heavy atom. The Bertz CT molecular complexity index is 1250. The molecule has 3 aromatic carbocycles. The van der Waals surface area contributed by atoms with E-state index in [1.165, 1.54) is 29.3 Å². The van der Waals surface area contributed by atoms with E-state index in [2.05, 4.69) is 39.8 Å². The minimum Gasteiger partial charge on any atom is -0.454 e. The van der Waals surface area contributed by atoms with E-state index in [0.717, 1.165) is 6.42 Å². The van der Waals surface area contributed by atoms with Crippen LogP contribution < -0.4 is 4.74 Å². The summed E-state index contributed by atoms with van der Waals surface area (Å²) in [5.41, 5.74) is 2.18. The van der Waals surface area contributed by atoms with E-state index >= 15 is 0 Å². The van der Waals surface area contributed by atoms with Gasteiger partial charge in [0, 0.05) is 5.56 Å². The van der Waals surface area contributed by atoms with E-state index in [1.807, 2.05) is 24.3 Å². The summed E-state index contributed by atoms with van der Waals surface area (Å²) in [6.07, 6.45) is -0.416. The first-order chi connectivity index (χ1) is 16.2. The number of hydrogen-bond acceptors (Lipinski definition) is 4. The van der Waals surface area contributed by atoms with Crippen molar-refractivity contribution in [1.82, 2.24) is 0 Å². The van der Waals surface area contributed by atoms with E-state index in [9.17, 15) is 14.4 Å². The van der Waals surface area contributed by atoms with Gasteiger partial charge in [-0.2, -0.15) is 5.26 Å². The molecule has 174 valence electrons. The summed E-state index contributed by atoms with van der Waals surface area (Å²) in [4.78, 5) is 13.2. The van der Waals surface area contributed by atoms with Gasteiger partial charge < -0.3 is 9.47 Å². The Morgan fingerprint density at radius 1 is 1.06 bits per heavy atom. The van der Waals surface area contributed by atoms with Gasteiger partial charge in [-0.3, -0.25) is 4.79 Å². The number of nitrogens with zero attached hydrogens (tertiary/aromatic N) is 1. The third-order valence-corrected chi connectivity index (χ3v) is 7.38. The van der Waals surface area contributed by atoms with Crippen LogP contribution in [0.2, 0.25) is 0 Å². The SMILES string of the molecule is Cc1ccccc1CC1(C)C(C(=O)OC(C#N)c2ccc(F)c(Oc3ccccc3)c2)C1(C)C. The molecule has 0 amide bonds. The lowest BCUT2D eigenvalue weighted by Gasteiger charge is -2.16. The molecule has 1 aliphatic rings. The molecule has 0 saturated heterocycles. The average molecular weight is 458 g/mol. The zero-order valence-electron chi connectivity index (χ0n) is 19.8. The predicted molar refractivity (Wildman–Crippen MR) is 128 cm³/mol. The Morgan fingerprint density at radius 2 is 1.74 bits per heavy atom. The molecule has 1 saturated carbocycles. The van der Waals surface area contributed by atoms with Crippen molar-refractivity contribution in [2.45, 2.75) is 40.2 Å². The molecule has 0 radical (unpaired) electrons. The van der Waals surface area contributed by atoms with Crippen molar-refractivity contribution in [3.8, 4) is 17.6 Å². The summed E-state index contributed by atoms with van der Waals surface area (Å²) in [6.45, 7) is 8.28. The van der Waals surface area contributed by atoms with Crippen LogP contribution in [0, 0.1) is 40.8 Å². The highest BCUT2D eigenvalue weighted by Crippen LogP contribution is 2.70. The number of para-hydroxylation sites is 1. The number of carbonyl (C=O) groups excluding carboxylic acids is 1. The monoisotopic (exact) mass is 457 g/mol. The molecule has 3 unspecified atom stereocenters. The van der Waals surface area contributed by atoms with Crippen molar-refractivity contribution < 1.29 is 18.7 Å². The molecule has 4 nitrogen and oxygen atoms in total. The van der Waals surface area contributed by atoms with Gasteiger partial charge in [0.2, 0.25) is 6.10 Å². The smallest absolute Gasteiger partial charge is 0.311 e. The van der Waals surface area contributed by atoms with Crippen LogP contribution in [0.4, 0.5) is 4.39 Å². The van der Waals surface area contributed by atoms with Crippen molar-refractivity contribution in [3.05, 3.63) is 95.3 Å². The fourth-order valence-electron chi connectivity index (χ4n) is 4.89. The van der Waals surface area contributed by atoms with Gasteiger partial charge in [-0.25, -0.2) is 4.39 Å². The molecule has 3 aromatic rings. The summed E-state index contributed by atoms with van der Waals surface area (Å²) < 4.78 is 25.7. The zero-order chi connectivity index (χ0) is 24.5. The van der Waals surface area contributed by atoms with Gasteiger partial charge in [-0.1, -0.05) is 69.3 Å². The predicted octanol–water partition coefficient (Wildman–Crippen LogP) is 6.94. The molecule has 3 atom stereocenters. The molecule has 0 heterocycles. The highest BCUT2D eigenvalue weighted by atomic mass is 19.1. The zero-order valence-corrected chi connectivity index (χ0v) is 19.8. The molecule has 0 spiro atoms. The largest absolute Gasteiger partial charge is 0.454 e. The number of benzene rings is 3. The Labute approximate surface area is 200 Å². The van der Waals surface area contributed by atoms with Gasteiger partial charge >= 0.3 is 5.97 Å². The fraction of sp³-hybridized carbons (Fsp3) is 0.310. The van der Waals surface area contributed by atoms with Gasteiger partial charge in [0.05, 0.1) is 5.92 Å². The van der Waals surface area contributed by atoms with E-state index < -0.39 is 17.9 Å². The van der Waals surface area contributed by atoms with Crippen molar-refractivity contribution >= 4 is 5.97 Å². The molecule has 1 aliphatic carbocycles. The van der Waals surface area contributed by atoms with E-state index in [1.54, 1.807) is 24.3 Å². The summed E-state index contributed by atoms with van der Waals surface area (Å²) in [6, 6.07) is 23.1. The van der Waals surface area contributed by atoms with Crippen LogP contribution in [0.15, 0.2) is 72.8 Å². The van der Waals surface area contributed by atoms with Gasteiger partial charge in [-0.05, 0) is 59.6 Å². The van der Waals surface area contributed by atoms with Crippen LogP contribution >= 0.6 is 0 Å². The summed E-state index contributed by atoms with van der Waals surface area (Å²) in [7, 11) is 0. The standard InChI is InChI=1S/C29H28FNO3/c1-19-10-8-9-11-21(19)17-29(4)26(28(29,2)3)27(32)34-25(18-31)20-14-15-23(30)24(16-20)33-22-12-6-5-7-13-22/h5-16,25-26H,17H2,1-4H3. The highest BCUT2D eigenvalue weighted by Gasteiger charge is 2.71. The number of carbonyl (C=O) groups is 1. The van der Waals surface area contributed by atoms with Crippen LogP contribution in [0.3, 0.4) is 0 Å². The Hall–Kier alpha value is -3.65. The lowest BCUT2D eigenvalue weighted by atomic mass is 9.89. The van der Waals surface area contributed by atoms with Gasteiger partial charge in [0.15, 0.2) is 11.6 Å². The topological polar surface area (TPSA) is 59.3 Å². The second kappa shape index (κ2) is 8.95. The lowest BCUT2D eigenvalue weighted by molar-refractivity contribution is -0.150. The third-order valence-electron chi connectivity index (χ3n) is 7.38. The third kappa shape index (κ3) is 4.28. The number of ether oxygens (including phenoxy) is 2. The summed E-state index contributed by atoms with van der Waals surface area (Å²) in [5, 5.41) is 9.75. The summed E-state index contributed by atoms with van der Waals surface area (Å²) in [5.74, 6) is -0.893. The second-order valence-corrected chi connectivity index (χ2v) is 9.73. The molecular weight excluding hydrogens is 429 g/mol. The number of aryl methyl sites for hydroxylation is 1. The van der Waals surface area contributed by atoms with Crippen LogP contribution in [0.5, 0.6) is 11.5 Å². The molecule has 4 rings (SSSR count). The van der Waals surface area contributed by atoms with Crippen molar-refractivity contribution in [2.75, 3.05) is 0 Å². The van der Waals surface area contributed by atoms with Gasteiger partial charge in [0.25, 0.3) is 0 Å². The Balaban J connectivity index is 1.52. The number of nitriles is 1. The van der Waals surface area contributed by atoms with E-state index in [4.69, 9.17) is 9.47 Å².